The topological polar surface area (TPSA) is 85.9 Å². The van der Waals surface area contributed by atoms with Gasteiger partial charge in [-0.05, 0) is 50.3 Å². The van der Waals surface area contributed by atoms with Crippen LogP contribution in [0.4, 0.5) is 4.79 Å². The molecule has 3 rings (SSSR count). The third-order valence-electron chi connectivity index (χ3n) is 5.73. The Kier molecular flexibility index (Phi) is 6.45. The zero-order valence-corrected chi connectivity index (χ0v) is 16.2. The van der Waals surface area contributed by atoms with Gasteiger partial charge in [0, 0.05) is 13.1 Å². The fourth-order valence-electron chi connectivity index (χ4n) is 3.69. The van der Waals surface area contributed by atoms with Crippen molar-refractivity contribution in [1.29, 1.82) is 0 Å². The molecule has 0 bridgehead atoms. The quantitative estimate of drug-likeness (QED) is 0.699. The van der Waals surface area contributed by atoms with Crippen LogP contribution in [0.5, 0.6) is 0 Å². The van der Waals surface area contributed by atoms with Crippen LogP contribution < -0.4 is 10.6 Å². The Bertz CT molecular complexity index is 695. The monoisotopic (exact) mass is 370 g/mol. The number of benzene rings is 1. The number of hydrogen-bond acceptors (Lipinski definition) is 4. The van der Waals surface area contributed by atoms with Crippen molar-refractivity contribution in [2.24, 2.45) is 5.41 Å². The largest absolute Gasteiger partial charge is 0.338 e. The van der Waals surface area contributed by atoms with E-state index in [0.29, 0.717) is 12.4 Å². The smallest absolute Gasteiger partial charge is 0.315 e. The Morgan fingerprint density at radius 3 is 2.67 bits per heavy atom. The normalized spacial score (nSPS) is 18.0. The Labute approximate surface area is 160 Å². The second-order valence-electron chi connectivity index (χ2n) is 7.53. The van der Waals surface area contributed by atoms with Gasteiger partial charge in [-0.1, -0.05) is 37.3 Å². The number of piperidine rings is 1. The second kappa shape index (κ2) is 8.99. The standard InChI is InChI=1S/C20H30N6O/c1-3-20(14-21-19(27)24-16(2)18-22-15-23-25-18)9-11-26(12-10-20)13-17-7-5-4-6-8-17/h4-8,15-16H,3,9-14H2,1-2H3,(H2,21,24,27)(H,22,23,25). The SMILES string of the molecule is CCC1(CNC(=O)NC(C)c2ncn[nH]2)CCN(Cc2ccccc2)CC1. The molecule has 2 heterocycles. The van der Waals surface area contributed by atoms with Gasteiger partial charge in [0.1, 0.15) is 12.2 Å². The molecular formula is C20H30N6O. The Morgan fingerprint density at radius 2 is 2.04 bits per heavy atom. The molecule has 7 nitrogen and oxygen atoms in total. The lowest BCUT2D eigenvalue weighted by Crippen LogP contribution is -2.48. The molecule has 3 N–H and O–H groups in total. The summed E-state index contributed by atoms with van der Waals surface area (Å²) < 4.78 is 0. The number of carbonyl (C=O) groups excluding carboxylic acids is 1. The van der Waals surface area contributed by atoms with Gasteiger partial charge in [-0.25, -0.2) is 9.78 Å². The number of hydrogen-bond donors (Lipinski definition) is 3. The van der Waals surface area contributed by atoms with Gasteiger partial charge >= 0.3 is 6.03 Å². The van der Waals surface area contributed by atoms with Gasteiger partial charge in [-0.15, -0.1) is 0 Å². The summed E-state index contributed by atoms with van der Waals surface area (Å²) in [4.78, 5) is 18.8. The maximum absolute atomic E-state index is 12.3. The lowest BCUT2D eigenvalue weighted by Gasteiger charge is -2.41. The number of carbonyl (C=O) groups is 1. The minimum atomic E-state index is -0.196. The van der Waals surface area contributed by atoms with E-state index >= 15 is 0 Å². The molecule has 146 valence electrons. The van der Waals surface area contributed by atoms with Crippen molar-refractivity contribution in [1.82, 2.24) is 30.7 Å². The summed E-state index contributed by atoms with van der Waals surface area (Å²) in [7, 11) is 0. The lowest BCUT2D eigenvalue weighted by molar-refractivity contribution is 0.0947. The number of rotatable bonds is 7. The maximum atomic E-state index is 12.3. The van der Waals surface area contributed by atoms with Crippen molar-refractivity contribution in [2.45, 2.75) is 45.7 Å². The number of likely N-dealkylation sites (tertiary alicyclic amines) is 1. The van der Waals surface area contributed by atoms with Crippen LogP contribution in [0.2, 0.25) is 0 Å². The number of urea groups is 1. The van der Waals surface area contributed by atoms with Gasteiger partial charge in [0.2, 0.25) is 0 Å². The van der Waals surface area contributed by atoms with Crippen LogP contribution >= 0.6 is 0 Å². The van der Waals surface area contributed by atoms with E-state index in [1.807, 2.05) is 6.92 Å². The highest BCUT2D eigenvalue weighted by Gasteiger charge is 2.33. The van der Waals surface area contributed by atoms with Crippen molar-refractivity contribution >= 4 is 6.03 Å². The predicted molar refractivity (Wildman–Crippen MR) is 105 cm³/mol. The highest BCUT2D eigenvalue weighted by Crippen LogP contribution is 2.34. The summed E-state index contributed by atoms with van der Waals surface area (Å²) in [6.07, 6.45) is 4.73. The lowest BCUT2D eigenvalue weighted by atomic mass is 9.76. The molecule has 1 aliphatic heterocycles. The van der Waals surface area contributed by atoms with Gasteiger partial charge < -0.3 is 10.6 Å². The molecule has 1 aliphatic rings. The van der Waals surface area contributed by atoms with E-state index < -0.39 is 0 Å². The second-order valence-corrected chi connectivity index (χ2v) is 7.53. The first-order valence-electron chi connectivity index (χ1n) is 9.76. The number of nitrogens with zero attached hydrogens (tertiary/aromatic N) is 3. The fraction of sp³-hybridized carbons (Fsp3) is 0.550. The molecule has 1 fully saturated rings. The summed E-state index contributed by atoms with van der Waals surface area (Å²) >= 11 is 0. The van der Waals surface area contributed by atoms with Gasteiger partial charge in [0.05, 0.1) is 6.04 Å². The molecule has 2 aromatic rings. The van der Waals surface area contributed by atoms with Gasteiger partial charge in [0.25, 0.3) is 0 Å². The zero-order valence-electron chi connectivity index (χ0n) is 16.2. The van der Waals surface area contributed by atoms with E-state index in [9.17, 15) is 4.79 Å². The summed E-state index contributed by atoms with van der Waals surface area (Å²) in [5.41, 5.74) is 1.54. The molecule has 0 aliphatic carbocycles. The van der Waals surface area contributed by atoms with Crippen LogP contribution in [-0.2, 0) is 6.54 Å². The minimum Gasteiger partial charge on any atom is -0.338 e. The Hall–Kier alpha value is -2.41. The van der Waals surface area contributed by atoms with E-state index in [0.717, 1.165) is 38.9 Å². The van der Waals surface area contributed by atoms with Crippen molar-refractivity contribution in [2.75, 3.05) is 19.6 Å². The van der Waals surface area contributed by atoms with Crippen LogP contribution in [0.3, 0.4) is 0 Å². The summed E-state index contributed by atoms with van der Waals surface area (Å²) in [6.45, 7) is 7.96. The van der Waals surface area contributed by atoms with E-state index in [2.05, 4.69) is 68.0 Å². The summed E-state index contributed by atoms with van der Waals surface area (Å²) in [5, 5.41) is 12.6. The molecule has 1 aromatic carbocycles. The molecular weight excluding hydrogens is 340 g/mol. The molecule has 27 heavy (non-hydrogen) atoms. The molecule has 0 radical (unpaired) electrons. The Morgan fingerprint density at radius 1 is 1.30 bits per heavy atom. The molecule has 0 spiro atoms. The fourth-order valence-corrected chi connectivity index (χ4v) is 3.69. The third-order valence-corrected chi connectivity index (χ3v) is 5.73. The van der Waals surface area contributed by atoms with Gasteiger partial charge in [0.15, 0.2) is 0 Å². The zero-order chi connectivity index (χ0) is 19.1. The van der Waals surface area contributed by atoms with E-state index in [-0.39, 0.29) is 17.5 Å². The van der Waals surface area contributed by atoms with E-state index in [1.54, 1.807) is 0 Å². The number of nitrogens with one attached hydrogen (secondary N) is 3. The highest BCUT2D eigenvalue weighted by molar-refractivity contribution is 5.74. The van der Waals surface area contributed by atoms with E-state index in [4.69, 9.17) is 0 Å². The van der Waals surface area contributed by atoms with Crippen molar-refractivity contribution in [3.8, 4) is 0 Å². The third kappa shape index (κ3) is 5.29. The predicted octanol–water partition coefficient (Wildman–Crippen LogP) is 2.86. The first-order valence-corrected chi connectivity index (χ1v) is 9.76. The first-order chi connectivity index (χ1) is 13.1. The maximum Gasteiger partial charge on any atom is 0.315 e. The van der Waals surface area contributed by atoms with Crippen LogP contribution in [0.15, 0.2) is 36.7 Å². The van der Waals surface area contributed by atoms with Crippen LogP contribution in [0, 0.1) is 5.41 Å². The number of aromatic amines is 1. The highest BCUT2D eigenvalue weighted by atomic mass is 16.2. The van der Waals surface area contributed by atoms with Crippen LogP contribution in [-0.4, -0.2) is 45.7 Å². The molecule has 7 heteroatoms. The average Bonchev–Trinajstić information content (AvgIpc) is 3.24. The van der Waals surface area contributed by atoms with Crippen molar-refractivity contribution in [3.63, 3.8) is 0 Å². The summed E-state index contributed by atoms with van der Waals surface area (Å²) in [5.74, 6) is 0.657. The minimum absolute atomic E-state index is 0.154. The number of amides is 2. The first kappa shape index (κ1) is 19.4. The average molecular weight is 371 g/mol. The number of aromatic nitrogens is 3. The van der Waals surface area contributed by atoms with Gasteiger partial charge in [-0.2, -0.15) is 5.10 Å². The van der Waals surface area contributed by atoms with Crippen molar-refractivity contribution in [3.05, 3.63) is 48.0 Å². The number of H-pyrrole nitrogens is 1. The van der Waals surface area contributed by atoms with Crippen LogP contribution in [0.25, 0.3) is 0 Å². The van der Waals surface area contributed by atoms with Crippen molar-refractivity contribution < 1.29 is 4.79 Å². The van der Waals surface area contributed by atoms with Crippen LogP contribution in [0.1, 0.15) is 50.5 Å². The molecule has 1 aromatic heterocycles. The molecule has 1 saturated heterocycles. The molecule has 0 saturated carbocycles. The molecule has 2 amide bonds. The van der Waals surface area contributed by atoms with Gasteiger partial charge in [-0.3, -0.25) is 10.00 Å². The summed E-state index contributed by atoms with van der Waals surface area (Å²) in [6, 6.07) is 10.3. The Balaban J connectivity index is 1.45. The molecule has 1 atom stereocenters. The van der Waals surface area contributed by atoms with E-state index in [1.165, 1.54) is 11.9 Å². The molecule has 1 unspecified atom stereocenters.